The topological polar surface area (TPSA) is 8.17 Å². The van der Waals surface area contributed by atoms with Crippen LogP contribution in [0, 0.1) is 0 Å². The zero-order valence-electron chi connectivity index (χ0n) is 37.3. The van der Waals surface area contributed by atoms with Crippen LogP contribution in [0.2, 0.25) is 0 Å². The van der Waals surface area contributed by atoms with Crippen molar-refractivity contribution in [1.29, 1.82) is 0 Å². The Bertz CT molecular complexity index is 4080. The standard InChI is InChI=1S/C65H44N2/c1-65(2)58-18-9-8-17-54(58)55-35-33-53(40-59(55)65)66(50-28-21-43(22-29-50)41-11-4-3-5-12-41)51-30-23-44(24-31-51)48-27-36-60-57(38-48)64-56-34-26-46-16-10-15-45-19-20-49(63(56)62(45)46)39-61(64)67(60)52-32-25-42-13-6-7-14-47(42)37-52/h3-40H,1-2H3. The quantitative estimate of drug-likeness (QED) is 0.151. The van der Waals surface area contributed by atoms with Crippen molar-refractivity contribution in [3.63, 3.8) is 0 Å². The van der Waals surface area contributed by atoms with Crippen molar-refractivity contribution in [3.05, 3.63) is 242 Å². The number of anilines is 3. The lowest BCUT2D eigenvalue weighted by Crippen LogP contribution is -2.16. The van der Waals surface area contributed by atoms with Gasteiger partial charge in [-0.2, -0.15) is 0 Å². The molecule has 0 spiro atoms. The maximum Gasteiger partial charge on any atom is 0.0553 e. The van der Waals surface area contributed by atoms with Gasteiger partial charge in [0.05, 0.1) is 11.0 Å². The van der Waals surface area contributed by atoms with Gasteiger partial charge in [0.15, 0.2) is 0 Å². The van der Waals surface area contributed by atoms with Gasteiger partial charge in [-0.1, -0.05) is 178 Å². The summed E-state index contributed by atoms with van der Waals surface area (Å²) in [6.45, 7) is 4.72. The summed E-state index contributed by atoms with van der Waals surface area (Å²) >= 11 is 0. The Morgan fingerprint density at radius 1 is 0.328 bits per heavy atom. The predicted molar refractivity (Wildman–Crippen MR) is 285 cm³/mol. The molecule has 0 saturated heterocycles. The second kappa shape index (κ2) is 14.3. The summed E-state index contributed by atoms with van der Waals surface area (Å²) in [6, 6.07) is 85.8. The van der Waals surface area contributed by atoms with E-state index in [0.717, 1.165) is 17.1 Å². The van der Waals surface area contributed by atoms with E-state index < -0.39 is 0 Å². The molecule has 0 amide bonds. The SMILES string of the molecule is CC1(C)c2ccccc2-c2ccc(N(c3ccc(-c4ccccc4)cc3)c3ccc(-c4ccc5c(c4)c4c6ccc7cccc8ccc(cc4n5-c4ccc5ccccc5c4)c6c87)cc3)cc21. The van der Waals surface area contributed by atoms with Gasteiger partial charge >= 0.3 is 0 Å². The molecule has 1 aliphatic carbocycles. The minimum absolute atomic E-state index is 0.110. The number of aromatic nitrogens is 1. The predicted octanol–water partition coefficient (Wildman–Crippen LogP) is 17.9. The van der Waals surface area contributed by atoms with Gasteiger partial charge in [0.25, 0.3) is 0 Å². The summed E-state index contributed by atoms with van der Waals surface area (Å²) in [5.41, 5.74) is 17.0. The molecule has 12 aromatic carbocycles. The molecule has 67 heavy (non-hydrogen) atoms. The Morgan fingerprint density at radius 3 is 1.72 bits per heavy atom. The molecule has 1 aromatic heterocycles. The van der Waals surface area contributed by atoms with Gasteiger partial charge in [0.2, 0.25) is 0 Å². The highest BCUT2D eigenvalue weighted by Crippen LogP contribution is 2.51. The molecule has 0 fully saturated rings. The molecule has 2 nitrogen and oxygen atoms in total. The van der Waals surface area contributed by atoms with Gasteiger partial charge in [-0.25, -0.2) is 0 Å². The van der Waals surface area contributed by atoms with Crippen molar-refractivity contribution in [1.82, 2.24) is 4.57 Å². The number of hydrogen-bond acceptors (Lipinski definition) is 1. The van der Waals surface area contributed by atoms with Crippen LogP contribution < -0.4 is 4.90 Å². The number of fused-ring (bicyclic) bond motifs is 8. The normalized spacial score (nSPS) is 13.0. The average molecular weight is 853 g/mol. The van der Waals surface area contributed by atoms with Crippen molar-refractivity contribution in [2.45, 2.75) is 19.3 Å². The van der Waals surface area contributed by atoms with Crippen molar-refractivity contribution >= 4 is 82.0 Å². The second-order valence-electron chi connectivity index (χ2n) is 18.9. The molecule has 0 N–H and O–H groups in total. The van der Waals surface area contributed by atoms with Crippen LogP contribution in [-0.4, -0.2) is 4.57 Å². The molecule has 0 radical (unpaired) electrons. The second-order valence-corrected chi connectivity index (χ2v) is 18.9. The molecule has 0 atom stereocenters. The van der Waals surface area contributed by atoms with Crippen molar-refractivity contribution in [3.8, 4) is 39.1 Å². The van der Waals surface area contributed by atoms with Crippen LogP contribution in [0.15, 0.2) is 231 Å². The molecule has 1 heterocycles. The maximum absolute atomic E-state index is 2.48. The van der Waals surface area contributed by atoms with Gasteiger partial charge in [-0.3, -0.25) is 0 Å². The van der Waals surface area contributed by atoms with E-state index in [-0.39, 0.29) is 5.41 Å². The van der Waals surface area contributed by atoms with Crippen molar-refractivity contribution in [2.24, 2.45) is 0 Å². The molecular weight excluding hydrogens is 809 g/mol. The molecule has 0 bridgehead atoms. The lowest BCUT2D eigenvalue weighted by molar-refractivity contribution is 0.660. The Hall–Kier alpha value is -8.46. The Balaban J connectivity index is 0.931. The van der Waals surface area contributed by atoms with Gasteiger partial charge < -0.3 is 9.47 Å². The molecule has 314 valence electrons. The van der Waals surface area contributed by atoms with E-state index in [1.807, 2.05) is 0 Å². The third-order valence-electron chi connectivity index (χ3n) is 14.9. The zero-order chi connectivity index (χ0) is 44.4. The highest BCUT2D eigenvalue weighted by Gasteiger charge is 2.35. The molecular formula is C65H44N2. The summed E-state index contributed by atoms with van der Waals surface area (Å²) in [6.07, 6.45) is 0. The van der Waals surface area contributed by atoms with Crippen LogP contribution in [0.1, 0.15) is 25.0 Å². The first-order chi connectivity index (χ1) is 33.0. The first-order valence-corrected chi connectivity index (χ1v) is 23.4. The molecule has 0 unspecified atom stereocenters. The monoisotopic (exact) mass is 852 g/mol. The minimum atomic E-state index is -0.110. The van der Waals surface area contributed by atoms with E-state index in [0.29, 0.717) is 0 Å². The number of hydrogen-bond donors (Lipinski definition) is 0. The van der Waals surface area contributed by atoms with E-state index >= 15 is 0 Å². The van der Waals surface area contributed by atoms with E-state index in [9.17, 15) is 0 Å². The van der Waals surface area contributed by atoms with Gasteiger partial charge in [-0.05, 0) is 154 Å². The van der Waals surface area contributed by atoms with Crippen LogP contribution in [0.4, 0.5) is 17.1 Å². The van der Waals surface area contributed by atoms with Gasteiger partial charge in [-0.15, -0.1) is 0 Å². The zero-order valence-corrected chi connectivity index (χ0v) is 37.3. The van der Waals surface area contributed by atoms with Crippen molar-refractivity contribution in [2.75, 3.05) is 4.90 Å². The first-order valence-electron chi connectivity index (χ1n) is 23.4. The average Bonchev–Trinajstić information content (AvgIpc) is 3.83. The fourth-order valence-electron chi connectivity index (χ4n) is 11.6. The summed E-state index contributed by atoms with van der Waals surface area (Å²) in [7, 11) is 0. The minimum Gasteiger partial charge on any atom is -0.310 e. The summed E-state index contributed by atoms with van der Waals surface area (Å²) in [5.74, 6) is 0. The number of nitrogens with zero attached hydrogens (tertiary/aromatic N) is 2. The molecule has 14 rings (SSSR count). The van der Waals surface area contributed by atoms with Crippen molar-refractivity contribution < 1.29 is 0 Å². The Morgan fingerprint density at radius 2 is 0.925 bits per heavy atom. The van der Waals surface area contributed by atoms with Crippen LogP contribution in [0.5, 0.6) is 0 Å². The number of rotatable bonds is 6. The van der Waals surface area contributed by atoms with Crippen LogP contribution in [0.3, 0.4) is 0 Å². The van der Waals surface area contributed by atoms with Crippen LogP contribution >= 0.6 is 0 Å². The fourth-order valence-corrected chi connectivity index (χ4v) is 11.6. The van der Waals surface area contributed by atoms with Crippen LogP contribution in [0.25, 0.3) is 104 Å². The van der Waals surface area contributed by atoms with E-state index in [1.165, 1.54) is 115 Å². The van der Waals surface area contributed by atoms with E-state index in [2.05, 4.69) is 254 Å². The summed E-state index contributed by atoms with van der Waals surface area (Å²) in [4.78, 5) is 2.42. The first kappa shape index (κ1) is 37.9. The maximum atomic E-state index is 2.48. The summed E-state index contributed by atoms with van der Waals surface area (Å²) in [5, 5.41) is 12.8. The third-order valence-corrected chi connectivity index (χ3v) is 14.9. The highest BCUT2D eigenvalue weighted by atomic mass is 15.1. The molecule has 13 aromatic rings. The Kier molecular flexibility index (Phi) is 8.06. The molecule has 0 aliphatic heterocycles. The number of benzene rings is 12. The molecule has 2 heteroatoms. The molecule has 0 saturated carbocycles. The molecule has 1 aliphatic rings. The summed E-state index contributed by atoms with van der Waals surface area (Å²) < 4.78 is 2.48. The largest absolute Gasteiger partial charge is 0.310 e. The lowest BCUT2D eigenvalue weighted by atomic mass is 9.82. The highest BCUT2D eigenvalue weighted by molar-refractivity contribution is 6.33. The van der Waals surface area contributed by atoms with E-state index in [4.69, 9.17) is 0 Å². The fraction of sp³-hybridized carbons (Fsp3) is 0.0462. The third kappa shape index (κ3) is 5.70. The van der Waals surface area contributed by atoms with E-state index in [1.54, 1.807) is 0 Å². The smallest absolute Gasteiger partial charge is 0.0553 e. The Labute approximate surface area is 389 Å². The van der Waals surface area contributed by atoms with Crippen LogP contribution in [-0.2, 0) is 5.41 Å². The van der Waals surface area contributed by atoms with Gasteiger partial charge in [0.1, 0.15) is 0 Å². The lowest BCUT2D eigenvalue weighted by Gasteiger charge is -2.28. The van der Waals surface area contributed by atoms with Gasteiger partial charge in [0, 0.05) is 38.9 Å².